The van der Waals surface area contributed by atoms with E-state index in [9.17, 15) is 4.79 Å². The van der Waals surface area contributed by atoms with E-state index in [1.807, 2.05) is 13.1 Å². The van der Waals surface area contributed by atoms with Crippen LogP contribution in [0.15, 0.2) is 30.3 Å². The number of nitrogens with one attached hydrogen (secondary N) is 1. The molecule has 7 heteroatoms. The standard InChI is InChI=1S/C10H16N2.C9H9N3O2/c1-11-8-9-5-4-6-10(7-9)12(2)3;1-2-14-9-7(4-10)8(11)3-6(5-13)12-9/h4-7,11H,8H2,1-3H3;3,5H,2H2,1H3,(H2,11,12). The average Bonchev–Trinajstić information content (AvgIpc) is 2.63. The second-order valence-corrected chi connectivity index (χ2v) is 5.57. The van der Waals surface area contributed by atoms with Crippen LogP contribution in [-0.4, -0.2) is 39.0 Å². The Morgan fingerprint density at radius 1 is 1.38 bits per heavy atom. The third kappa shape index (κ3) is 6.07. The molecule has 0 spiro atoms. The van der Waals surface area contributed by atoms with Gasteiger partial charge in [0.15, 0.2) is 6.29 Å². The zero-order chi connectivity index (χ0) is 19.5. The summed E-state index contributed by atoms with van der Waals surface area (Å²) in [5, 5.41) is 11.9. The molecule has 0 saturated carbocycles. The number of benzene rings is 1. The lowest BCUT2D eigenvalue weighted by Crippen LogP contribution is -2.10. The first-order chi connectivity index (χ1) is 12.5. The molecule has 0 radical (unpaired) electrons. The number of hydrogen-bond acceptors (Lipinski definition) is 7. The Morgan fingerprint density at radius 3 is 2.65 bits per heavy atom. The Bertz CT molecular complexity index is 769. The number of hydrogen-bond donors (Lipinski definition) is 2. The van der Waals surface area contributed by atoms with Crippen molar-refractivity contribution in [1.82, 2.24) is 10.3 Å². The minimum atomic E-state index is 0.108. The third-order valence-electron chi connectivity index (χ3n) is 3.36. The van der Waals surface area contributed by atoms with Gasteiger partial charge >= 0.3 is 0 Å². The van der Waals surface area contributed by atoms with Gasteiger partial charge in [-0.15, -0.1) is 0 Å². The lowest BCUT2D eigenvalue weighted by molar-refractivity contribution is 0.111. The largest absolute Gasteiger partial charge is 0.477 e. The number of ether oxygens (including phenoxy) is 1. The predicted molar refractivity (Wildman–Crippen MR) is 103 cm³/mol. The SMILES string of the molecule is CCOc1nc(C=O)cc(N)c1C#N.CNCc1cccc(N(C)C)c1. The number of aromatic nitrogens is 1. The number of carbonyl (C=O) groups is 1. The van der Waals surface area contributed by atoms with E-state index in [-0.39, 0.29) is 22.8 Å². The van der Waals surface area contributed by atoms with E-state index in [2.05, 4.69) is 53.6 Å². The maximum Gasteiger partial charge on any atom is 0.234 e. The smallest absolute Gasteiger partial charge is 0.234 e. The molecule has 0 unspecified atom stereocenters. The highest BCUT2D eigenvalue weighted by molar-refractivity contribution is 5.76. The number of carbonyl (C=O) groups excluding carboxylic acids is 1. The summed E-state index contributed by atoms with van der Waals surface area (Å²) in [6, 6.07) is 11.7. The molecule has 0 bridgehead atoms. The lowest BCUT2D eigenvalue weighted by atomic mass is 10.2. The number of nitrogen functional groups attached to an aromatic ring is 1. The molecule has 1 aromatic carbocycles. The normalized spacial score (nSPS) is 9.50. The average molecular weight is 355 g/mol. The number of aldehydes is 1. The van der Waals surface area contributed by atoms with Gasteiger partial charge in [0.2, 0.25) is 5.88 Å². The number of anilines is 2. The van der Waals surface area contributed by atoms with Gasteiger partial charge in [-0.1, -0.05) is 12.1 Å². The Balaban J connectivity index is 0.000000263. The number of nitriles is 1. The van der Waals surface area contributed by atoms with Crippen molar-refractivity contribution in [2.24, 2.45) is 0 Å². The summed E-state index contributed by atoms with van der Waals surface area (Å²) in [6.07, 6.45) is 0.556. The van der Waals surface area contributed by atoms with Crippen LogP contribution in [0.3, 0.4) is 0 Å². The minimum absolute atomic E-state index is 0.108. The van der Waals surface area contributed by atoms with Crippen LogP contribution in [0.2, 0.25) is 0 Å². The molecule has 0 atom stereocenters. The van der Waals surface area contributed by atoms with Crippen LogP contribution in [0.1, 0.15) is 28.5 Å². The Morgan fingerprint density at radius 2 is 2.12 bits per heavy atom. The van der Waals surface area contributed by atoms with Crippen LogP contribution in [0.25, 0.3) is 0 Å². The van der Waals surface area contributed by atoms with E-state index in [4.69, 9.17) is 15.7 Å². The molecule has 138 valence electrons. The molecule has 0 fully saturated rings. The summed E-state index contributed by atoms with van der Waals surface area (Å²) in [6.45, 7) is 3.05. The zero-order valence-corrected chi connectivity index (χ0v) is 15.6. The Labute approximate surface area is 154 Å². The predicted octanol–water partition coefficient (Wildman–Crippen LogP) is 2.22. The Kier molecular flexibility index (Phi) is 8.61. The summed E-state index contributed by atoms with van der Waals surface area (Å²) in [5.74, 6) is 0.108. The summed E-state index contributed by atoms with van der Waals surface area (Å²) in [7, 11) is 6.07. The first-order valence-corrected chi connectivity index (χ1v) is 8.16. The van der Waals surface area contributed by atoms with Crippen molar-refractivity contribution in [2.45, 2.75) is 13.5 Å². The van der Waals surface area contributed by atoms with Crippen LogP contribution in [-0.2, 0) is 6.54 Å². The number of pyridine rings is 1. The molecule has 0 aliphatic rings. The van der Waals surface area contributed by atoms with Gasteiger partial charge in [-0.05, 0) is 37.7 Å². The molecule has 7 nitrogen and oxygen atoms in total. The van der Waals surface area contributed by atoms with Crippen LogP contribution >= 0.6 is 0 Å². The van der Waals surface area contributed by atoms with E-state index in [1.54, 1.807) is 6.92 Å². The van der Waals surface area contributed by atoms with Gasteiger partial charge in [-0.2, -0.15) is 5.26 Å². The minimum Gasteiger partial charge on any atom is -0.477 e. The molecule has 0 saturated heterocycles. The fraction of sp³-hybridized carbons (Fsp3) is 0.316. The van der Waals surface area contributed by atoms with Gasteiger partial charge in [-0.3, -0.25) is 4.79 Å². The molecular formula is C19H25N5O2. The fourth-order valence-corrected chi connectivity index (χ4v) is 2.12. The van der Waals surface area contributed by atoms with E-state index in [0.29, 0.717) is 12.9 Å². The van der Waals surface area contributed by atoms with Gasteiger partial charge in [0, 0.05) is 26.3 Å². The molecule has 3 N–H and O–H groups in total. The molecule has 1 heterocycles. The van der Waals surface area contributed by atoms with Crippen LogP contribution in [0, 0.1) is 11.3 Å². The van der Waals surface area contributed by atoms with E-state index in [0.717, 1.165) is 6.54 Å². The number of rotatable bonds is 6. The van der Waals surface area contributed by atoms with Gasteiger partial charge in [0.25, 0.3) is 0 Å². The Hall–Kier alpha value is -3.11. The summed E-state index contributed by atoms with van der Waals surface area (Å²) < 4.78 is 5.08. The second-order valence-electron chi connectivity index (χ2n) is 5.57. The quantitative estimate of drug-likeness (QED) is 0.766. The number of nitrogens with two attached hydrogens (primary N) is 1. The fourth-order valence-electron chi connectivity index (χ4n) is 2.12. The maximum atomic E-state index is 10.5. The topological polar surface area (TPSA) is 104 Å². The molecule has 2 rings (SSSR count). The lowest BCUT2D eigenvalue weighted by Gasteiger charge is -2.13. The first kappa shape index (κ1) is 20.9. The van der Waals surface area contributed by atoms with Crippen LogP contribution in [0.5, 0.6) is 5.88 Å². The van der Waals surface area contributed by atoms with Gasteiger partial charge in [-0.25, -0.2) is 4.98 Å². The molecule has 2 aromatic rings. The van der Waals surface area contributed by atoms with Crippen LogP contribution in [0.4, 0.5) is 11.4 Å². The highest BCUT2D eigenvalue weighted by Crippen LogP contribution is 2.21. The molecule has 0 aliphatic heterocycles. The van der Waals surface area contributed by atoms with Crippen molar-refractivity contribution in [3.8, 4) is 11.9 Å². The zero-order valence-electron chi connectivity index (χ0n) is 15.6. The highest BCUT2D eigenvalue weighted by Gasteiger charge is 2.10. The van der Waals surface area contributed by atoms with Gasteiger partial charge in [0.1, 0.15) is 17.3 Å². The summed E-state index contributed by atoms with van der Waals surface area (Å²) in [5.41, 5.74) is 8.64. The summed E-state index contributed by atoms with van der Waals surface area (Å²) >= 11 is 0. The van der Waals surface area contributed by atoms with Crippen LogP contribution < -0.4 is 20.7 Å². The molecule has 1 aromatic heterocycles. The monoisotopic (exact) mass is 355 g/mol. The summed E-state index contributed by atoms with van der Waals surface area (Å²) in [4.78, 5) is 16.4. The van der Waals surface area contributed by atoms with E-state index in [1.165, 1.54) is 17.3 Å². The van der Waals surface area contributed by atoms with Gasteiger partial charge < -0.3 is 20.7 Å². The van der Waals surface area contributed by atoms with Crippen molar-refractivity contribution in [3.05, 3.63) is 47.2 Å². The molecule has 0 aliphatic carbocycles. The van der Waals surface area contributed by atoms with Crippen molar-refractivity contribution in [2.75, 3.05) is 38.4 Å². The molecule has 26 heavy (non-hydrogen) atoms. The second kappa shape index (κ2) is 10.7. The van der Waals surface area contributed by atoms with Gasteiger partial charge in [0.05, 0.1) is 12.3 Å². The molecular weight excluding hydrogens is 330 g/mol. The van der Waals surface area contributed by atoms with E-state index < -0.39 is 0 Å². The first-order valence-electron chi connectivity index (χ1n) is 8.16. The highest BCUT2D eigenvalue weighted by atomic mass is 16.5. The third-order valence-corrected chi connectivity index (χ3v) is 3.36. The maximum absolute atomic E-state index is 10.5. The van der Waals surface area contributed by atoms with E-state index >= 15 is 0 Å². The van der Waals surface area contributed by atoms with Crippen molar-refractivity contribution < 1.29 is 9.53 Å². The molecule has 0 amide bonds. The van der Waals surface area contributed by atoms with Crippen molar-refractivity contribution in [3.63, 3.8) is 0 Å². The number of nitrogens with zero attached hydrogens (tertiary/aromatic N) is 3. The van der Waals surface area contributed by atoms with Crippen molar-refractivity contribution in [1.29, 1.82) is 5.26 Å². The van der Waals surface area contributed by atoms with Crippen molar-refractivity contribution >= 4 is 17.7 Å².